The predicted octanol–water partition coefficient (Wildman–Crippen LogP) is 13.2. The monoisotopic (exact) mass is 580 g/mol. The number of unbranched alkanes of at least 4 members (excludes halogenated alkanes) is 18. The lowest BCUT2D eigenvalue weighted by Crippen LogP contribution is -1.85. The van der Waals surface area contributed by atoms with E-state index in [2.05, 4.69) is 47.3 Å². The maximum absolute atomic E-state index is 3.86. The summed E-state index contributed by atoms with van der Waals surface area (Å²) in [6.07, 6.45) is 30.8. The molecule has 0 unspecified atom stereocenters. The molecule has 2 aromatic rings. The summed E-state index contributed by atoms with van der Waals surface area (Å²) in [5, 5.41) is 2.40. The molecule has 2 heterocycles. The van der Waals surface area contributed by atoms with Crippen molar-refractivity contribution in [3.8, 4) is 9.75 Å². The summed E-state index contributed by atoms with van der Waals surface area (Å²) < 4.78 is 1.35. The molecule has 0 nitrogen and oxygen atoms in total. The molecule has 0 saturated heterocycles. The molecular weight excluding hydrogens is 528 g/mol. The predicted molar refractivity (Wildman–Crippen MR) is 166 cm³/mol. The average Bonchev–Trinajstić information content (AvgIpc) is 3.48. The molecule has 0 aliphatic rings. The van der Waals surface area contributed by atoms with Crippen molar-refractivity contribution in [3.63, 3.8) is 0 Å². The summed E-state index contributed by atoms with van der Waals surface area (Å²) in [7, 11) is 0. The Morgan fingerprint density at radius 2 is 1.00 bits per heavy atom. The second-order valence-corrected chi connectivity index (χ2v) is 13.9. The molecule has 0 aromatic carbocycles. The molecule has 2 rings (SSSR count). The highest BCUT2D eigenvalue weighted by Crippen LogP contribution is 2.39. The van der Waals surface area contributed by atoms with Crippen LogP contribution < -0.4 is 0 Å². The van der Waals surface area contributed by atoms with Crippen LogP contribution in [0.1, 0.15) is 153 Å². The first kappa shape index (κ1) is 31.1. The lowest BCUT2D eigenvalue weighted by Gasteiger charge is -2.02. The highest BCUT2D eigenvalue weighted by Gasteiger charge is 2.11. The van der Waals surface area contributed by atoms with Gasteiger partial charge in [-0.3, -0.25) is 0 Å². The first-order chi connectivity index (χ1) is 17.2. The average molecular weight is 582 g/mol. The summed E-state index contributed by atoms with van der Waals surface area (Å²) in [6, 6.07) is 4.92. The molecule has 35 heavy (non-hydrogen) atoms. The minimum Gasteiger partial charge on any atom is -0.143 e. The Kier molecular flexibility index (Phi) is 18.6. The summed E-state index contributed by atoms with van der Waals surface area (Å²) in [5.41, 5.74) is 3.07. The van der Waals surface area contributed by atoms with Crippen LogP contribution in [-0.2, 0) is 12.8 Å². The van der Waals surface area contributed by atoms with Crippen molar-refractivity contribution >= 4 is 38.6 Å². The van der Waals surface area contributed by atoms with E-state index in [-0.39, 0.29) is 0 Å². The van der Waals surface area contributed by atoms with Crippen LogP contribution in [0.5, 0.6) is 0 Å². The number of aryl methyl sites for hydroxylation is 2. The third kappa shape index (κ3) is 14.4. The van der Waals surface area contributed by atoms with Gasteiger partial charge < -0.3 is 0 Å². The zero-order valence-electron chi connectivity index (χ0n) is 23.0. The van der Waals surface area contributed by atoms with Crippen LogP contribution in [0.25, 0.3) is 9.75 Å². The number of hydrogen-bond donors (Lipinski definition) is 0. The van der Waals surface area contributed by atoms with Crippen molar-refractivity contribution in [3.05, 3.63) is 32.4 Å². The van der Waals surface area contributed by atoms with Crippen LogP contribution in [-0.4, -0.2) is 0 Å². The Bertz CT molecular complexity index is 745. The Hall–Kier alpha value is -0.120. The smallest absolute Gasteiger partial charge is 0.0737 e. The number of thiophene rings is 2. The fourth-order valence-corrected chi connectivity index (χ4v) is 7.76. The molecule has 2 aromatic heterocycles. The molecule has 0 amide bonds. The maximum atomic E-state index is 3.86. The van der Waals surface area contributed by atoms with Crippen molar-refractivity contribution in [1.82, 2.24) is 0 Å². The lowest BCUT2D eigenvalue weighted by molar-refractivity contribution is 0.556. The molecule has 3 heteroatoms. The molecular formula is C32H53BrS2. The first-order valence-corrected chi connectivity index (χ1v) is 17.6. The summed E-state index contributed by atoms with van der Waals surface area (Å²) in [5.74, 6) is 0. The van der Waals surface area contributed by atoms with E-state index in [1.807, 2.05) is 22.7 Å². The van der Waals surface area contributed by atoms with Gasteiger partial charge in [0.15, 0.2) is 0 Å². The van der Waals surface area contributed by atoms with Crippen LogP contribution in [0, 0.1) is 0 Å². The van der Waals surface area contributed by atoms with Crippen LogP contribution in [0.15, 0.2) is 21.3 Å². The van der Waals surface area contributed by atoms with E-state index in [4.69, 9.17) is 0 Å². The van der Waals surface area contributed by atoms with Gasteiger partial charge in [-0.05, 0) is 70.3 Å². The highest BCUT2D eigenvalue weighted by molar-refractivity contribution is 9.11. The minimum absolute atomic E-state index is 1.23. The maximum Gasteiger partial charge on any atom is 0.0737 e. The van der Waals surface area contributed by atoms with Gasteiger partial charge in [-0.1, -0.05) is 129 Å². The van der Waals surface area contributed by atoms with Crippen LogP contribution in [0.4, 0.5) is 0 Å². The Morgan fingerprint density at radius 1 is 0.543 bits per heavy atom. The molecule has 0 radical (unpaired) electrons. The molecule has 0 N–H and O–H groups in total. The van der Waals surface area contributed by atoms with Gasteiger partial charge in [0, 0.05) is 9.75 Å². The number of hydrogen-bond acceptors (Lipinski definition) is 2. The van der Waals surface area contributed by atoms with Crippen molar-refractivity contribution in [2.45, 2.75) is 155 Å². The number of halogens is 1. The van der Waals surface area contributed by atoms with Crippen LogP contribution in [0.2, 0.25) is 0 Å². The fourth-order valence-electron chi connectivity index (χ4n) is 4.95. The third-order valence-corrected chi connectivity index (χ3v) is 10.4. The van der Waals surface area contributed by atoms with Crippen molar-refractivity contribution in [2.24, 2.45) is 0 Å². The van der Waals surface area contributed by atoms with Gasteiger partial charge in [0.2, 0.25) is 0 Å². The van der Waals surface area contributed by atoms with E-state index >= 15 is 0 Å². The summed E-state index contributed by atoms with van der Waals surface area (Å²) in [6.45, 7) is 4.60. The third-order valence-electron chi connectivity index (χ3n) is 7.27. The molecule has 0 aliphatic heterocycles. The van der Waals surface area contributed by atoms with E-state index in [1.54, 1.807) is 5.56 Å². The Balaban J connectivity index is 1.56. The summed E-state index contributed by atoms with van der Waals surface area (Å²) >= 11 is 7.73. The van der Waals surface area contributed by atoms with E-state index in [9.17, 15) is 0 Å². The normalized spacial score (nSPS) is 11.5. The lowest BCUT2D eigenvalue weighted by atomic mass is 10.0. The van der Waals surface area contributed by atoms with Gasteiger partial charge in [0.1, 0.15) is 0 Å². The molecule has 0 aliphatic carbocycles. The van der Waals surface area contributed by atoms with E-state index in [0.29, 0.717) is 0 Å². The largest absolute Gasteiger partial charge is 0.143 e. The van der Waals surface area contributed by atoms with Crippen molar-refractivity contribution in [1.29, 1.82) is 0 Å². The first-order valence-electron chi connectivity index (χ1n) is 15.1. The molecule has 0 saturated carbocycles. The second-order valence-electron chi connectivity index (χ2n) is 10.6. The zero-order chi connectivity index (χ0) is 25.0. The van der Waals surface area contributed by atoms with Gasteiger partial charge >= 0.3 is 0 Å². The quantitative estimate of drug-likeness (QED) is 0.115. The molecule has 0 bridgehead atoms. The van der Waals surface area contributed by atoms with Gasteiger partial charge in [-0.15, -0.1) is 22.7 Å². The van der Waals surface area contributed by atoms with Crippen LogP contribution in [0.3, 0.4) is 0 Å². The van der Waals surface area contributed by atoms with E-state index < -0.39 is 0 Å². The molecule has 0 atom stereocenters. The second kappa shape index (κ2) is 20.9. The molecule has 0 fully saturated rings. The van der Waals surface area contributed by atoms with E-state index in [1.165, 1.54) is 160 Å². The molecule has 0 spiro atoms. The fraction of sp³-hybridized carbons (Fsp3) is 0.750. The topological polar surface area (TPSA) is 0 Å². The molecule has 200 valence electrons. The zero-order valence-corrected chi connectivity index (χ0v) is 26.2. The Labute approximate surface area is 234 Å². The highest BCUT2D eigenvalue weighted by atomic mass is 79.9. The minimum atomic E-state index is 1.23. The van der Waals surface area contributed by atoms with Crippen LogP contribution >= 0.6 is 38.6 Å². The van der Waals surface area contributed by atoms with Crippen molar-refractivity contribution < 1.29 is 0 Å². The van der Waals surface area contributed by atoms with E-state index in [0.717, 1.165) is 0 Å². The van der Waals surface area contributed by atoms with Crippen molar-refractivity contribution in [2.75, 3.05) is 0 Å². The summed E-state index contributed by atoms with van der Waals surface area (Å²) in [4.78, 5) is 2.92. The van der Waals surface area contributed by atoms with Gasteiger partial charge in [-0.25, -0.2) is 0 Å². The SMILES string of the molecule is CCCCCCCCCCCCc1csc(-c2cc(CCCCCCCCCCCC)c(Br)s2)c1. The standard InChI is InChI=1S/C32H53BrS2/c1-3-5-7-9-11-13-15-17-19-21-23-28-25-30(34-27-28)31-26-29(32(33)35-31)24-22-20-18-16-14-12-10-8-6-4-2/h25-27H,3-24H2,1-2H3. The van der Waals surface area contributed by atoms with Gasteiger partial charge in [-0.2, -0.15) is 0 Å². The number of rotatable bonds is 23. The van der Waals surface area contributed by atoms with Gasteiger partial charge in [0.05, 0.1) is 3.79 Å². The Morgan fingerprint density at radius 3 is 1.51 bits per heavy atom. The van der Waals surface area contributed by atoms with Gasteiger partial charge in [0.25, 0.3) is 0 Å².